The molecule has 0 radical (unpaired) electrons. The van der Waals surface area contributed by atoms with E-state index in [0.717, 1.165) is 71.0 Å². The van der Waals surface area contributed by atoms with Crippen LogP contribution in [0.1, 0.15) is 11.1 Å². The van der Waals surface area contributed by atoms with Gasteiger partial charge >= 0.3 is 0 Å². The fourth-order valence-electron chi connectivity index (χ4n) is 4.72. The number of anilines is 2. The summed E-state index contributed by atoms with van der Waals surface area (Å²) in [6.07, 6.45) is 7.50. The molecule has 0 aliphatic carbocycles. The maximum absolute atomic E-state index is 12.9. The Kier molecular flexibility index (Phi) is 6.35. The molecule has 0 unspecified atom stereocenters. The zero-order valence-corrected chi connectivity index (χ0v) is 21.5. The Balaban J connectivity index is 1.19. The van der Waals surface area contributed by atoms with Crippen molar-refractivity contribution in [1.29, 1.82) is 0 Å². The second-order valence-electron chi connectivity index (χ2n) is 9.70. The van der Waals surface area contributed by atoms with Gasteiger partial charge in [-0.15, -0.1) is 0 Å². The van der Waals surface area contributed by atoms with Crippen molar-refractivity contribution in [2.75, 3.05) is 38.5 Å². The summed E-state index contributed by atoms with van der Waals surface area (Å²) in [5.74, 6) is 2.35. The third-order valence-electron chi connectivity index (χ3n) is 6.95. The number of imidazole rings is 1. The lowest BCUT2D eigenvalue weighted by molar-refractivity contribution is -0.132. The van der Waals surface area contributed by atoms with Crippen LogP contribution < -0.4 is 10.1 Å². The van der Waals surface area contributed by atoms with Gasteiger partial charge in [-0.25, -0.2) is 15.0 Å². The van der Waals surface area contributed by atoms with Crippen LogP contribution in [0.15, 0.2) is 73.4 Å². The van der Waals surface area contributed by atoms with Gasteiger partial charge in [0.1, 0.15) is 29.3 Å². The maximum atomic E-state index is 12.9. The van der Waals surface area contributed by atoms with Crippen molar-refractivity contribution in [3.63, 3.8) is 0 Å². The molecule has 0 saturated carbocycles. The first kappa shape index (κ1) is 23.9. The van der Waals surface area contributed by atoms with Crippen LogP contribution in [0.5, 0.6) is 11.5 Å². The highest BCUT2D eigenvalue weighted by atomic mass is 16.5. The highest BCUT2D eigenvalue weighted by Crippen LogP contribution is 2.30. The van der Waals surface area contributed by atoms with Gasteiger partial charge in [0.2, 0.25) is 5.91 Å². The Morgan fingerprint density at radius 3 is 2.68 bits per heavy atom. The van der Waals surface area contributed by atoms with Gasteiger partial charge in [-0.1, -0.05) is 6.07 Å². The molecule has 1 fully saturated rings. The van der Waals surface area contributed by atoms with Crippen LogP contribution in [0.25, 0.3) is 16.6 Å². The first-order valence-electron chi connectivity index (χ1n) is 12.7. The second kappa shape index (κ2) is 10.1. The minimum absolute atomic E-state index is 0.155. The Hall–Kier alpha value is -4.50. The smallest absolute Gasteiger partial charge is 0.227 e. The summed E-state index contributed by atoms with van der Waals surface area (Å²) in [7, 11) is 2.09. The number of nitrogens with one attached hydrogen (secondary N) is 1. The highest BCUT2D eigenvalue weighted by molar-refractivity contribution is 5.92. The normalized spacial score (nSPS) is 14.2. The molecule has 1 saturated heterocycles. The largest absolute Gasteiger partial charge is 0.457 e. The molecule has 3 aromatic heterocycles. The summed E-state index contributed by atoms with van der Waals surface area (Å²) in [6.45, 7) is 5.38. The summed E-state index contributed by atoms with van der Waals surface area (Å²) in [5.41, 5.74) is 4.48. The summed E-state index contributed by atoms with van der Waals surface area (Å²) in [4.78, 5) is 30.3. The van der Waals surface area contributed by atoms with Gasteiger partial charge < -0.3 is 24.3 Å². The van der Waals surface area contributed by atoms with Crippen LogP contribution in [0.4, 0.5) is 11.5 Å². The van der Waals surface area contributed by atoms with E-state index in [2.05, 4.69) is 32.2 Å². The van der Waals surface area contributed by atoms with Crippen LogP contribution in [-0.2, 0) is 11.2 Å². The molecule has 0 spiro atoms. The topological polar surface area (TPSA) is 87.9 Å². The lowest BCUT2D eigenvalue weighted by Crippen LogP contribution is -2.47. The average Bonchev–Trinajstić information content (AvgIpc) is 3.39. The van der Waals surface area contributed by atoms with E-state index in [-0.39, 0.29) is 5.91 Å². The van der Waals surface area contributed by atoms with Crippen molar-refractivity contribution in [2.24, 2.45) is 0 Å². The zero-order valence-electron chi connectivity index (χ0n) is 21.5. The molecular formula is C29H29N7O2. The van der Waals surface area contributed by atoms with Crippen LogP contribution >= 0.6 is 0 Å². The van der Waals surface area contributed by atoms with Gasteiger partial charge in [0.15, 0.2) is 0 Å². The quantitative estimate of drug-likeness (QED) is 0.364. The first-order valence-corrected chi connectivity index (χ1v) is 12.7. The Morgan fingerprint density at radius 1 is 0.974 bits per heavy atom. The van der Waals surface area contributed by atoms with Crippen molar-refractivity contribution in [2.45, 2.75) is 13.3 Å². The van der Waals surface area contributed by atoms with Crippen molar-refractivity contribution in [3.8, 4) is 11.5 Å². The van der Waals surface area contributed by atoms with Gasteiger partial charge in [0, 0.05) is 61.9 Å². The van der Waals surface area contributed by atoms with E-state index in [9.17, 15) is 4.79 Å². The molecule has 38 heavy (non-hydrogen) atoms. The van der Waals surface area contributed by atoms with E-state index in [1.165, 1.54) is 0 Å². The van der Waals surface area contributed by atoms with E-state index in [1.807, 2.05) is 77.1 Å². The Morgan fingerprint density at radius 2 is 1.84 bits per heavy atom. The van der Waals surface area contributed by atoms with E-state index < -0.39 is 0 Å². The number of benzene rings is 2. The SMILES string of the molecule is Cc1cc(Nc2ncnc3ccc(CC(=O)N4CCN(C)CC4)cc23)ccc1Oc1ccn2ccnc2c1. The summed E-state index contributed by atoms with van der Waals surface area (Å²) >= 11 is 0. The molecule has 1 amide bonds. The number of piperazine rings is 1. The summed E-state index contributed by atoms with van der Waals surface area (Å²) in [6, 6.07) is 15.7. The molecule has 5 aromatic rings. The van der Waals surface area contributed by atoms with Crippen molar-refractivity contribution in [1.82, 2.24) is 29.2 Å². The second-order valence-corrected chi connectivity index (χ2v) is 9.70. The number of nitrogens with zero attached hydrogens (tertiary/aromatic N) is 6. The molecule has 1 N–H and O–H groups in total. The minimum Gasteiger partial charge on any atom is -0.457 e. The monoisotopic (exact) mass is 507 g/mol. The number of carbonyl (C=O) groups is 1. The summed E-state index contributed by atoms with van der Waals surface area (Å²) < 4.78 is 8.06. The predicted octanol–water partition coefficient (Wildman–Crippen LogP) is 4.44. The van der Waals surface area contributed by atoms with Crippen molar-refractivity contribution >= 4 is 34.0 Å². The minimum atomic E-state index is 0.155. The number of ether oxygens (including phenoxy) is 1. The molecule has 9 nitrogen and oxygen atoms in total. The van der Waals surface area contributed by atoms with E-state index in [1.54, 1.807) is 12.5 Å². The number of amides is 1. The number of carbonyl (C=O) groups excluding carboxylic acids is 1. The van der Waals surface area contributed by atoms with Crippen LogP contribution in [-0.4, -0.2) is 68.3 Å². The zero-order chi connectivity index (χ0) is 26.1. The van der Waals surface area contributed by atoms with Gasteiger partial charge in [-0.3, -0.25) is 4.79 Å². The lowest BCUT2D eigenvalue weighted by Gasteiger charge is -2.32. The first-order chi connectivity index (χ1) is 18.5. The Labute approximate surface area is 220 Å². The van der Waals surface area contributed by atoms with Crippen molar-refractivity contribution < 1.29 is 9.53 Å². The van der Waals surface area contributed by atoms with Crippen LogP contribution in [0.3, 0.4) is 0 Å². The third-order valence-corrected chi connectivity index (χ3v) is 6.95. The summed E-state index contributed by atoms with van der Waals surface area (Å²) in [5, 5.41) is 4.30. The van der Waals surface area contributed by atoms with Crippen LogP contribution in [0.2, 0.25) is 0 Å². The Bertz CT molecular complexity index is 1620. The molecule has 1 aliphatic heterocycles. The van der Waals surface area contributed by atoms with Gasteiger partial charge in [0.05, 0.1) is 11.9 Å². The molecule has 192 valence electrons. The molecule has 9 heteroatoms. The molecule has 6 rings (SSSR count). The number of fused-ring (bicyclic) bond motifs is 2. The predicted molar refractivity (Wildman–Crippen MR) is 147 cm³/mol. The molecular weight excluding hydrogens is 478 g/mol. The number of rotatable bonds is 6. The van der Waals surface area contributed by atoms with E-state index in [0.29, 0.717) is 12.2 Å². The number of hydrogen-bond donors (Lipinski definition) is 1. The fraction of sp³-hybridized carbons (Fsp3) is 0.241. The molecule has 1 aliphatic rings. The molecule has 2 aromatic carbocycles. The highest BCUT2D eigenvalue weighted by Gasteiger charge is 2.19. The van der Waals surface area contributed by atoms with Crippen LogP contribution in [0, 0.1) is 6.92 Å². The maximum Gasteiger partial charge on any atom is 0.227 e. The van der Waals surface area contributed by atoms with Gasteiger partial charge in [-0.05, 0) is 61.5 Å². The number of aryl methyl sites for hydroxylation is 1. The van der Waals surface area contributed by atoms with Crippen molar-refractivity contribution in [3.05, 3.63) is 84.6 Å². The van der Waals surface area contributed by atoms with E-state index >= 15 is 0 Å². The molecule has 0 bridgehead atoms. The number of hydrogen-bond acceptors (Lipinski definition) is 7. The molecule has 4 heterocycles. The number of likely N-dealkylation sites (N-methyl/N-ethyl adjacent to an activating group) is 1. The fourth-order valence-corrected chi connectivity index (χ4v) is 4.72. The standard InChI is InChI=1S/C29H29N7O2/c1-20-15-22(4-6-26(20)38-23-7-9-35-10-8-30-27(35)18-23)33-29-24-16-21(3-5-25(24)31-19-32-29)17-28(37)36-13-11-34(2)12-14-36/h3-10,15-16,18-19H,11-14,17H2,1-2H3,(H,31,32,33). The molecule has 0 atom stereocenters. The van der Waals surface area contributed by atoms with Gasteiger partial charge in [-0.2, -0.15) is 0 Å². The average molecular weight is 508 g/mol. The van der Waals surface area contributed by atoms with E-state index in [4.69, 9.17) is 4.74 Å². The lowest BCUT2D eigenvalue weighted by atomic mass is 10.1. The number of pyridine rings is 1. The number of aromatic nitrogens is 4. The van der Waals surface area contributed by atoms with Gasteiger partial charge in [0.25, 0.3) is 0 Å². The third kappa shape index (κ3) is 5.01.